The maximum atomic E-state index is 12.6. The summed E-state index contributed by atoms with van der Waals surface area (Å²) in [6.45, 7) is 1.94. The summed E-state index contributed by atoms with van der Waals surface area (Å²) in [6, 6.07) is 7.25. The van der Waals surface area contributed by atoms with Gasteiger partial charge in [0.15, 0.2) is 0 Å². The van der Waals surface area contributed by atoms with E-state index in [2.05, 4.69) is 21.2 Å². The quantitative estimate of drug-likeness (QED) is 0.831. The Balaban J connectivity index is 2.06. The van der Waals surface area contributed by atoms with E-state index in [9.17, 15) is 13.2 Å². The van der Waals surface area contributed by atoms with Gasteiger partial charge in [-0.15, -0.1) is 0 Å². The summed E-state index contributed by atoms with van der Waals surface area (Å²) in [7, 11) is 0. The van der Waals surface area contributed by atoms with Crippen LogP contribution in [0.1, 0.15) is 18.2 Å². The lowest BCUT2D eigenvalue weighted by Crippen LogP contribution is -2.18. The van der Waals surface area contributed by atoms with Crippen LogP contribution in [0.3, 0.4) is 0 Å². The summed E-state index contributed by atoms with van der Waals surface area (Å²) in [5.41, 5.74) is -0.0503. The van der Waals surface area contributed by atoms with E-state index in [1.807, 2.05) is 13.0 Å². The molecule has 0 bridgehead atoms. The summed E-state index contributed by atoms with van der Waals surface area (Å²) in [4.78, 5) is 0. The molecule has 0 aliphatic heterocycles. The number of hydrogen-bond donors (Lipinski definition) is 1. The third-order valence-corrected chi connectivity index (χ3v) is 3.44. The van der Waals surface area contributed by atoms with E-state index in [1.165, 1.54) is 6.07 Å². The van der Waals surface area contributed by atoms with E-state index in [0.29, 0.717) is 16.6 Å². The van der Waals surface area contributed by atoms with Crippen LogP contribution < -0.4 is 5.32 Å². The second kappa shape index (κ2) is 5.91. The highest BCUT2D eigenvalue weighted by molar-refractivity contribution is 9.10. The van der Waals surface area contributed by atoms with Crippen LogP contribution in [0, 0.1) is 0 Å². The standard InChI is InChI=1S/C14H13BrF3NO/c1-9(7-11-3-2-6-20-11)19-13-5-4-10(8-12(13)15)14(16,17)18/h2-6,8-9,19H,7H2,1H3. The molecule has 6 heteroatoms. The van der Waals surface area contributed by atoms with Crippen LogP contribution in [0.15, 0.2) is 45.5 Å². The molecule has 0 radical (unpaired) electrons. The normalized spacial score (nSPS) is 13.2. The van der Waals surface area contributed by atoms with Gasteiger partial charge in [-0.3, -0.25) is 0 Å². The molecule has 2 aromatic rings. The lowest BCUT2D eigenvalue weighted by atomic mass is 10.1. The number of alkyl halides is 3. The minimum Gasteiger partial charge on any atom is -0.469 e. The van der Waals surface area contributed by atoms with Gasteiger partial charge in [0.25, 0.3) is 0 Å². The molecule has 0 aliphatic carbocycles. The molecule has 2 nitrogen and oxygen atoms in total. The zero-order valence-corrected chi connectivity index (χ0v) is 12.3. The number of halogens is 4. The van der Waals surface area contributed by atoms with Gasteiger partial charge in [-0.05, 0) is 53.2 Å². The molecule has 0 aliphatic rings. The van der Waals surface area contributed by atoms with E-state index in [4.69, 9.17) is 4.42 Å². The largest absolute Gasteiger partial charge is 0.469 e. The van der Waals surface area contributed by atoms with Gasteiger partial charge in [-0.25, -0.2) is 0 Å². The molecule has 108 valence electrons. The van der Waals surface area contributed by atoms with Crippen molar-refractivity contribution in [3.8, 4) is 0 Å². The van der Waals surface area contributed by atoms with Crippen LogP contribution >= 0.6 is 15.9 Å². The molecule has 0 amide bonds. The summed E-state index contributed by atoms with van der Waals surface area (Å²) in [5, 5.41) is 3.15. The molecule has 0 spiro atoms. The second-order valence-corrected chi connectivity index (χ2v) is 5.38. The van der Waals surface area contributed by atoms with Gasteiger partial charge in [0.1, 0.15) is 5.76 Å². The highest BCUT2D eigenvalue weighted by atomic mass is 79.9. The van der Waals surface area contributed by atoms with Crippen molar-refractivity contribution in [3.63, 3.8) is 0 Å². The maximum Gasteiger partial charge on any atom is 0.416 e. The molecule has 20 heavy (non-hydrogen) atoms. The minimum absolute atomic E-state index is 0.0363. The molecule has 0 fully saturated rings. The molecule has 2 rings (SSSR count). The molecule has 1 aromatic heterocycles. The fourth-order valence-electron chi connectivity index (χ4n) is 1.86. The van der Waals surface area contributed by atoms with E-state index < -0.39 is 11.7 Å². The number of hydrogen-bond acceptors (Lipinski definition) is 2. The molecule has 1 atom stereocenters. The molecule has 0 saturated carbocycles. The fraction of sp³-hybridized carbons (Fsp3) is 0.286. The van der Waals surface area contributed by atoms with Crippen molar-refractivity contribution in [3.05, 3.63) is 52.4 Å². The van der Waals surface area contributed by atoms with Gasteiger partial charge < -0.3 is 9.73 Å². The number of furan rings is 1. The average Bonchev–Trinajstić information content (AvgIpc) is 2.83. The van der Waals surface area contributed by atoms with E-state index in [-0.39, 0.29) is 6.04 Å². The van der Waals surface area contributed by atoms with Crippen molar-refractivity contribution in [2.24, 2.45) is 0 Å². The summed E-state index contributed by atoms with van der Waals surface area (Å²) in [6.07, 6.45) is -2.09. The van der Waals surface area contributed by atoms with E-state index in [1.54, 1.807) is 12.3 Å². The Morgan fingerprint density at radius 1 is 1.30 bits per heavy atom. The van der Waals surface area contributed by atoms with Gasteiger partial charge in [0.05, 0.1) is 11.8 Å². The van der Waals surface area contributed by atoms with Gasteiger partial charge >= 0.3 is 6.18 Å². The first kappa shape index (κ1) is 15.0. The zero-order chi connectivity index (χ0) is 14.8. The van der Waals surface area contributed by atoms with Crippen LogP contribution in [0.5, 0.6) is 0 Å². The number of anilines is 1. The first-order chi connectivity index (χ1) is 9.36. The molecular weight excluding hydrogens is 335 g/mol. The topological polar surface area (TPSA) is 25.2 Å². The van der Waals surface area contributed by atoms with Crippen molar-refractivity contribution in [1.82, 2.24) is 0 Å². The smallest absolute Gasteiger partial charge is 0.416 e. The number of nitrogens with one attached hydrogen (secondary N) is 1. The molecule has 0 saturated heterocycles. The van der Waals surface area contributed by atoms with Crippen molar-refractivity contribution in [2.75, 3.05) is 5.32 Å². The first-order valence-corrected chi connectivity index (χ1v) is 6.81. The van der Waals surface area contributed by atoms with Crippen LogP contribution in [0.4, 0.5) is 18.9 Å². The molecule has 1 aromatic carbocycles. The summed E-state index contributed by atoms with van der Waals surface area (Å²) in [5.74, 6) is 0.827. The van der Waals surface area contributed by atoms with Gasteiger partial charge in [-0.1, -0.05) is 0 Å². The predicted octanol–water partition coefficient (Wildman–Crippen LogP) is 5.10. The number of rotatable bonds is 4. The Hall–Kier alpha value is -1.43. The number of benzene rings is 1. The van der Waals surface area contributed by atoms with Gasteiger partial charge in [0, 0.05) is 22.6 Å². The molecule has 1 heterocycles. The van der Waals surface area contributed by atoms with E-state index in [0.717, 1.165) is 17.9 Å². The van der Waals surface area contributed by atoms with Gasteiger partial charge in [0.2, 0.25) is 0 Å². The summed E-state index contributed by atoms with van der Waals surface area (Å²) >= 11 is 3.16. The van der Waals surface area contributed by atoms with Crippen LogP contribution in [-0.2, 0) is 12.6 Å². The first-order valence-electron chi connectivity index (χ1n) is 6.02. The zero-order valence-electron chi connectivity index (χ0n) is 10.7. The Morgan fingerprint density at radius 2 is 2.05 bits per heavy atom. The predicted molar refractivity (Wildman–Crippen MR) is 74.6 cm³/mol. The van der Waals surface area contributed by atoms with E-state index >= 15 is 0 Å². The summed E-state index contributed by atoms with van der Waals surface area (Å²) < 4.78 is 43.3. The van der Waals surface area contributed by atoms with Crippen molar-refractivity contribution in [2.45, 2.75) is 25.6 Å². The highest BCUT2D eigenvalue weighted by Crippen LogP contribution is 2.34. The molecule has 1 N–H and O–H groups in total. The SMILES string of the molecule is CC(Cc1ccco1)Nc1ccc(C(F)(F)F)cc1Br. The Morgan fingerprint density at radius 3 is 2.60 bits per heavy atom. The van der Waals surface area contributed by atoms with Crippen LogP contribution in [0.25, 0.3) is 0 Å². The monoisotopic (exact) mass is 347 g/mol. The van der Waals surface area contributed by atoms with Crippen molar-refractivity contribution in [1.29, 1.82) is 0 Å². The third-order valence-electron chi connectivity index (χ3n) is 2.79. The van der Waals surface area contributed by atoms with Crippen molar-refractivity contribution >= 4 is 21.6 Å². The lowest BCUT2D eigenvalue weighted by Gasteiger charge is -2.16. The van der Waals surface area contributed by atoms with Crippen LogP contribution in [-0.4, -0.2) is 6.04 Å². The van der Waals surface area contributed by atoms with Crippen LogP contribution in [0.2, 0.25) is 0 Å². The Kier molecular flexibility index (Phi) is 4.42. The molecule has 1 unspecified atom stereocenters. The fourth-order valence-corrected chi connectivity index (χ4v) is 2.35. The minimum atomic E-state index is -4.33. The highest BCUT2D eigenvalue weighted by Gasteiger charge is 2.30. The third kappa shape index (κ3) is 3.79. The van der Waals surface area contributed by atoms with Crippen molar-refractivity contribution < 1.29 is 17.6 Å². The Bertz CT molecular complexity index is 566. The Labute approximate surface area is 123 Å². The lowest BCUT2D eigenvalue weighted by molar-refractivity contribution is -0.137. The second-order valence-electron chi connectivity index (χ2n) is 4.52. The molecular formula is C14H13BrF3NO. The maximum absolute atomic E-state index is 12.6. The average molecular weight is 348 g/mol. The van der Waals surface area contributed by atoms with Gasteiger partial charge in [-0.2, -0.15) is 13.2 Å².